The summed E-state index contributed by atoms with van der Waals surface area (Å²) in [5.41, 5.74) is 0.824. The first-order chi connectivity index (χ1) is 9.94. The van der Waals surface area contributed by atoms with Gasteiger partial charge in [0.2, 0.25) is 0 Å². The molecule has 4 nitrogen and oxygen atoms in total. The maximum absolute atomic E-state index is 12.5. The van der Waals surface area contributed by atoms with Crippen molar-refractivity contribution in [2.45, 2.75) is 69.5 Å². The monoisotopic (exact) mass is 325 g/mol. The van der Waals surface area contributed by atoms with E-state index in [4.69, 9.17) is 4.18 Å². The lowest BCUT2D eigenvalue weighted by molar-refractivity contribution is -0.0538. The molecule has 1 aliphatic heterocycles. The Labute approximate surface area is 134 Å². The Hall–Kier alpha value is -0.910. The quantitative estimate of drug-likeness (QED) is 0.800. The first kappa shape index (κ1) is 17.4. The number of piperidine rings is 1. The largest absolute Gasteiger partial charge is 0.297 e. The van der Waals surface area contributed by atoms with Gasteiger partial charge in [-0.1, -0.05) is 17.7 Å². The van der Waals surface area contributed by atoms with Crippen LogP contribution in [0.4, 0.5) is 0 Å². The van der Waals surface area contributed by atoms with Crippen molar-refractivity contribution in [3.8, 4) is 0 Å². The zero-order valence-electron chi connectivity index (χ0n) is 14.4. The molecule has 1 saturated heterocycles. The molecule has 0 radical (unpaired) electrons. The Morgan fingerprint density at radius 2 is 1.50 bits per heavy atom. The number of likely N-dealkylation sites (tertiary alicyclic amines) is 1. The second kappa shape index (κ2) is 5.62. The maximum Gasteiger partial charge on any atom is 0.297 e. The van der Waals surface area contributed by atoms with E-state index in [1.54, 1.807) is 24.3 Å². The number of aryl methyl sites for hydroxylation is 1. The standard InChI is InChI=1S/C17H27NO3S/c1-13-7-9-15(10-8-13)22(19,20)21-14-11-16(2,3)18(6)17(4,5)12-14/h7-10,14H,11-12H2,1-6H3. The molecule has 5 heteroatoms. The van der Waals surface area contributed by atoms with Crippen molar-refractivity contribution in [1.82, 2.24) is 4.90 Å². The highest BCUT2D eigenvalue weighted by atomic mass is 32.2. The zero-order valence-corrected chi connectivity index (χ0v) is 15.2. The SMILES string of the molecule is Cc1ccc(S(=O)(=O)OC2CC(C)(C)N(C)C(C)(C)C2)cc1. The lowest BCUT2D eigenvalue weighted by Crippen LogP contribution is -2.60. The van der Waals surface area contributed by atoms with Gasteiger partial charge in [0.05, 0.1) is 11.0 Å². The van der Waals surface area contributed by atoms with Crippen LogP contribution in [0, 0.1) is 6.92 Å². The number of rotatable bonds is 3. The molecule has 0 bridgehead atoms. The minimum atomic E-state index is -3.71. The summed E-state index contributed by atoms with van der Waals surface area (Å²) in [4.78, 5) is 2.53. The predicted molar refractivity (Wildman–Crippen MR) is 88.4 cm³/mol. The third kappa shape index (κ3) is 3.53. The number of nitrogens with zero attached hydrogens (tertiary/aromatic N) is 1. The van der Waals surface area contributed by atoms with Gasteiger partial charge in [-0.05, 0) is 66.6 Å². The van der Waals surface area contributed by atoms with Gasteiger partial charge in [0.25, 0.3) is 10.1 Å². The fourth-order valence-electron chi connectivity index (χ4n) is 3.29. The van der Waals surface area contributed by atoms with E-state index in [0.717, 1.165) is 5.56 Å². The molecule has 22 heavy (non-hydrogen) atoms. The highest BCUT2D eigenvalue weighted by Crippen LogP contribution is 2.39. The Morgan fingerprint density at radius 1 is 1.05 bits per heavy atom. The van der Waals surface area contributed by atoms with Crippen molar-refractivity contribution in [3.05, 3.63) is 29.8 Å². The summed E-state index contributed by atoms with van der Waals surface area (Å²) in [6.07, 6.45) is 1.09. The minimum absolute atomic E-state index is 0.102. The molecule has 1 aliphatic rings. The Bertz CT molecular complexity index is 614. The molecule has 0 unspecified atom stereocenters. The van der Waals surface area contributed by atoms with Crippen molar-refractivity contribution >= 4 is 10.1 Å². The van der Waals surface area contributed by atoms with Gasteiger partial charge in [-0.3, -0.25) is 9.08 Å². The van der Waals surface area contributed by atoms with Crippen LogP contribution in [-0.4, -0.2) is 37.5 Å². The lowest BCUT2D eigenvalue weighted by Gasteiger charge is -2.53. The first-order valence-electron chi connectivity index (χ1n) is 7.68. The smallest absolute Gasteiger partial charge is 0.296 e. The van der Waals surface area contributed by atoms with Crippen molar-refractivity contribution in [1.29, 1.82) is 0 Å². The number of benzene rings is 1. The van der Waals surface area contributed by atoms with Crippen LogP contribution >= 0.6 is 0 Å². The normalized spacial score (nSPS) is 22.6. The molecular weight excluding hydrogens is 298 g/mol. The van der Waals surface area contributed by atoms with Gasteiger partial charge in [-0.2, -0.15) is 8.42 Å². The molecule has 1 fully saturated rings. The molecule has 2 rings (SSSR count). The summed E-state index contributed by atoms with van der Waals surface area (Å²) < 4.78 is 30.5. The summed E-state index contributed by atoms with van der Waals surface area (Å²) in [7, 11) is -1.63. The van der Waals surface area contributed by atoms with Gasteiger partial charge >= 0.3 is 0 Å². The maximum atomic E-state index is 12.5. The zero-order chi connectivity index (χ0) is 16.8. The van der Waals surface area contributed by atoms with Crippen LogP contribution in [0.15, 0.2) is 29.2 Å². The predicted octanol–water partition coefficient (Wildman–Crippen LogP) is 3.35. The van der Waals surface area contributed by atoms with E-state index in [9.17, 15) is 8.42 Å². The Morgan fingerprint density at radius 3 is 1.95 bits per heavy atom. The number of hydrogen-bond acceptors (Lipinski definition) is 4. The van der Waals surface area contributed by atoms with E-state index in [2.05, 4.69) is 39.6 Å². The van der Waals surface area contributed by atoms with E-state index < -0.39 is 10.1 Å². The van der Waals surface area contributed by atoms with E-state index >= 15 is 0 Å². The topological polar surface area (TPSA) is 46.6 Å². The van der Waals surface area contributed by atoms with Crippen LogP contribution < -0.4 is 0 Å². The second-order valence-corrected chi connectivity index (χ2v) is 9.15. The Balaban J connectivity index is 2.21. The summed E-state index contributed by atoms with van der Waals surface area (Å²) in [5, 5.41) is 0. The third-order valence-corrected chi connectivity index (χ3v) is 6.22. The summed E-state index contributed by atoms with van der Waals surface area (Å²) in [5.74, 6) is 0. The summed E-state index contributed by atoms with van der Waals surface area (Å²) in [6, 6.07) is 6.79. The summed E-state index contributed by atoms with van der Waals surface area (Å²) in [6.45, 7) is 10.4. The molecule has 1 heterocycles. The average molecular weight is 325 g/mol. The summed E-state index contributed by atoms with van der Waals surface area (Å²) >= 11 is 0. The van der Waals surface area contributed by atoms with E-state index in [-0.39, 0.29) is 22.1 Å². The molecule has 0 amide bonds. The minimum Gasteiger partial charge on any atom is -0.296 e. The molecule has 0 aromatic heterocycles. The molecule has 0 aliphatic carbocycles. The molecule has 0 saturated carbocycles. The van der Waals surface area contributed by atoms with Crippen molar-refractivity contribution < 1.29 is 12.6 Å². The van der Waals surface area contributed by atoms with Crippen LogP contribution in [0.1, 0.15) is 46.1 Å². The van der Waals surface area contributed by atoms with Gasteiger partial charge < -0.3 is 0 Å². The van der Waals surface area contributed by atoms with E-state index in [1.807, 2.05) is 6.92 Å². The van der Waals surface area contributed by atoms with Crippen LogP contribution in [0.25, 0.3) is 0 Å². The molecule has 0 spiro atoms. The van der Waals surface area contributed by atoms with Crippen molar-refractivity contribution in [3.63, 3.8) is 0 Å². The fraction of sp³-hybridized carbons (Fsp3) is 0.647. The van der Waals surface area contributed by atoms with Crippen LogP contribution in [0.3, 0.4) is 0 Å². The van der Waals surface area contributed by atoms with Gasteiger partial charge in [0.1, 0.15) is 0 Å². The van der Waals surface area contributed by atoms with Gasteiger partial charge in [-0.25, -0.2) is 0 Å². The average Bonchev–Trinajstić information content (AvgIpc) is 2.35. The molecule has 0 N–H and O–H groups in total. The number of hydrogen-bond donors (Lipinski definition) is 0. The molecular formula is C17H27NO3S. The van der Waals surface area contributed by atoms with Crippen molar-refractivity contribution in [2.24, 2.45) is 0 Å². The second-order valence-electron chi connectivity index (χ2n) is 7.58. The lowest BCUT2D eigenvalue weighted by atomic mass is 9.79. The van der Waals surface area contributed by atoms with Crippen molar-refractivity contribution in [2.75, 3.05) is 7.05 Å². The molecule has 1 aromatic carbocycles. The van der Waals surface area contributed by atoms with Crippen LogP contribution in [0.2, 0.25) is 0 Å². The first-order valence-corrected chi connectivity index (χ1v) is 9.09. The van der Waals surface area contributed by atoms with Crippen LogP contribution in [0.5, 0.6) is 0 Å². The Kier molecular flexibility index (Phi) is 4.46. The molecule has 1 aromatic rings. The highest BCUT2D eigenvalue weighted by molar-refractivity contribution is 7.86. The van der Waals surface area contributed by atoms with Gasteiger partial charge in [0.15, 0.2) is 0 Å². The van der Waals surface area contributed by atoms with Gasteiger partial charge in [-0.15, -0.1) is 0 Å². The van der Waals surface area contributed by atoms with Gasteiger partial charge in [0, 0.05) is 11.1 Å². The van der Waals surface area contributed by atoms with E-state index in [0.29, 0.717) is 12.8 Å². The molecule has 124 valence electrons. The van der Waals surface area contributed by atoms with Crippen LogP contribution in [-0.2, 0) is 14.3 Å². The fourth-order valence-corrected chi connectivity index (χ4v) is 4.36. The highest BCUT2D eigenvalue weighted by Gasteiger charge is 2.44. The molecule has 0 atom stereocenters. The third-order valence-electron chi connectivity index (χ3n) is 4.84. The van der Waals surface area contributed by atoms with E-state index in [1.165, 1.54) is 0 Å².